The molecule has 1 N–H and O–H groups in total. The summed E-state index contributed by atoms with van der Waals surface area (Å²) in [5.74, 6) is 1.02. The van der Waals surface area contributed by atoms with Crippen molar-refractivity contribution in [3.63, 3.8) is 0 Å². The molecule has 2 aromatic rings. The largest absolute Gasteiger partial charge is 0.496 e. The molecule has 1 amide bonds. The smallest absolute Gasteiger partial charge is 0.275 e. The average Bonchev–Trinajstić information content (AvgIpc) is 2.61. The molecule has 0 aliphatic heterocycles. The SMILES string of the molecule is CCCOc1ccc(/C=N/NC(=O)c2ccccc2OC)cc1. The van der Waals surface area contributed by atoms with Crippen molar-refractivity contribution in [2.75, 3.05) is 13.7 Å². The maximum Gasteiger partial charge on any atom is 0.275 e. The van der Waals surface area contributed by atoms with E-state index in [2.05, 4.69) is 17.5 Å². The Morgan fingerprint density at radius 1 is 1.17 bits per heavy atom. The van der Waals surface area contributed by atoms with Gasteiger partial charge in [0.15, 0.2) is 0 Å². The van der Waals surface area contributed by atoms with Crippen LogP contribution in [0, 0.1) is 0 Å². The van der Waals surface area contributed by atoms with Crippen molar-refractivity contribution < 1.29 is 14.3 Å². The molecule has 0 heterocycles. The minimum Gasteiger partial charge on any atom is -0.496 e. The summed E-state index contributed by atoms with van der Waals surface area (Å²) in [6, 6.07) is 14.5. The summed E-state index contributed by atoms with van der Waals surface area (Å²) in [5.41, 5.74) is 3.80. The Morgan fingerprint density at radius 2 is 1.91 bits per heavy atom. The van der Waals surface area contributed by atoms with Gasteiger partial charge >= 0.3 is 0 Å². The van der Waals surface area contributed by atoms with Gasteiger partial charge in [-0.05, 0) is 48.4 Å². The van der Waals surface area contributed by atoms with E-state index in [4.69, 9.17) is 9.47 Å². The first-order valence-corrected chi connectivity index (χ1v) is 7.44. The van der Waals surface area contributed by atoms with Crippen LogP contribution in [-0.2, 0) is 0 Å². The summed E-state index contributed by atoms with van der Waals surface area (Å²) in [5, 5.41) is 3.96. The van der Waals surface area contributed by atoms with Gasteiger partial charge in [0.2, 0.25) is 0 Å². The number of para-hydroxylation sites is 1. The van der Waals surface area contributed by atoms with Crippen molar-refractivity contribution in [3.8, 4) is 11.5 Å². The second kappa shape index (κ2) is 8.58. The number of benzene rings is 2. The van der Waals surface area contributed by atoms with E-state index in [0.29, 0.717) is 17.9 Å². The van der Waals surface area contributed by atoms with E-state index in [1.807, 2.05) is 24.3 Å². The topological polar surface area (TPSA) is 59.9 Å². The van der Waals surface area contributed by atoms with Crippen molar-refractivity contribution in [3.05, 3.63) is 59.7 Å². The molecule has 5 nitrogen and oxygen atoms in total. The number of hydrogen-bond acceptors (Lipinski definition) is 4. The number of nitrogens with zero attached hydrogens (tertiary/aromatic N) is 1. The van der Waals surface area contributed by atoms with Crippen molar-refractivity contribution >= 4 is 12.1 Å². The van der Waals surface area contributed by atoms with Gasteiger partial charge in [-0.25, -0.2) is 5.43 Å². The van der Waals surface area contributed by atoms with Crippen molar-refractivity contribution in [2.24, 2.45) is 5.10 Å². The van der Waals surface area contributed by atoms with Gasteiger partial charge in [-0.3, -0.25) is 4.79 Å². The van der Waals surface area contributed by atoms with Crippen LogP contribution in [0.2, 0.25) is 0 Å². The Balaban J connectivity index is 1.94. The van der Waals surface area contributed by atoms with E-state index >= 15 is 0 Å². The molecule has 2 rings (SSSR count). The van der Waals surface area contributed by atoms with E-state index in [1.54, 1.807) is 30.5 Å². The molecule has 23 heavy (non-hydrogen) atoms. The lowest BCUT2D eigenvalue weighted by molar-refractivity contribution is 0.0952. The van der Waals surface area contributed by atoms with Gasteiger partial charge in [0.05, 0.1) is 25.5 Å². The number of hydrazone groups is 1. The Labute approximate surface area is 135 Å². The van der Waals surface area contributed by atoms with Crippen LogP contribution >= 0.6 is 0 Å². The Morgan fingerprint density at radius 3 is 2.61 bits per heavy atom. The van der Waals surface area contributed by atoms with Gasteiger partial charge in [0, 0.05) is 0 Å². The third-order valence-corrected chi connectivity index (χ3v) is 3.08. The summed E-state index contributed by atoms with van der Waals surface area (Å²) in [6.07, 6.45) is 2.55. The average molecular weight is 312 g/mol. The molecule has 0 aromatic heterocycles. The van der Waals surface area contributed by atoms with E-state index in [1.165, 1.54) is 7.11 Å². The van der Waals surface area contributed by atoms with Gasteiger partial charge in [0.25, 0.3) is 5.91 Å². The summed E-state index contributed by atoms with van der Waals surface area (Å²) < 4.78 is 10.7. The molecule has 0 saturated carbocycles. The molecule has 2 aromatic carbocycles. The van der Waals surface area contributed by atoms with Crippen molar-refractivity contribution in [1.82, 2.24) is 5.43 Å². The van der Waals surface area contributed by atoms with Crippen LogP contribution < -0.4 is 14.9 Å². The van der Waals surface area contributed by atoms with E-state index < -0.39 is 0 Å². The molecule has 5 heteroatoms. The van der Waals surface area contributed by atoms with Crippen LogP contribution in [0.4, 0.5) is 0 Å². The van der Waals surface area contributed by atoms with Crippen LogP contribution in [0.3, 0.4) is 0 Å². The van der Waals surface area contributed by atoms with E-state index in [0.717, 1.165) is 17.7 Å². The number of nitrogens with one attached hydrogen (secondary N) is 1. The molecule has 0 atom stereocenters. The Bertz CT molecular complexity index is 666. The highest BCUT2D eigenvalue weighted by Crippen LogP contribution is 2.16. The molecule has 0 bridgehead atoms. The summed E-state index contributed by atoms with van der Waals surface area (Å²) in [7, 11) is 1.53. The number of carbonyl (C=O) groups is 1. The number of amides is 1. The number of methoxy groups -OCH3 is 1. The summed E-state index contributed by atoms with van der Waals surface area (Å²) in [4.78, 5) is 12.1. The highest BCUT2D eigenvalue weighted by atomic mass is 16.5. The zero-order valence-electron chi connectivity index (χ0n) is 13.3. The van der Waals surface area contributed by atoms with Gasteiger partial charge in [0.1, 0.15) is 11.5 Å². The highest BCUT2D eigenvalue weighted by molar-refractivity contribution is 5.97. The minimum atomic E-state index is -0.318. The van der Waals surface area contributed by atoms with Crippen LogP contribution in [0.1, 0.15) is 29.3 Å². The maximum absolute atomic E-state index is 12.1. The predicted octanol–water partition coefficient (Wildman–Crippen LogP) is 3.25. The number of hydrogen-bond donors (Lipinski definition) is 1. The van der Waals surface area contributed by atoms with Crippen molar-refractivity contribution in [2.45, 2.75) is 13.3 Å². The third kappa shape index (κ3) is 4.85. The van der Waals surface area contributed by atoms with Gasteiger partial charge in [-0.2, -0.15) is 5.10 Å². The minimum absolute atomic E-state index is 0.318. The fraction of sp³-hybridized carbons (Fsp3) is 0.222. The van der Waals surface area contributed by atoms with Gasteiger partial charge in [-0.1, -0.05) is 19.1 Å². The normalized spacial score (nSPS) is 10.5. The van der Waals surface area contributed by atoms with Gasteiger partial charge < -0.3 is 9.47 Å². The molecule has 0 spiro atoms. The fourth-order valence-electron chi connectivity index (χ4n) is 1.93. The fourth-order valence-corrected chi connectivity index (χ4v) is 1.93. The molecule has 0 unspecified atom stereocenters. The lowest BCUT2D eigenvalue weighted by Gasteiger charge is -2.06. The number of ether oxygens (including phenoxy) is 2. The summed E-state index contributed by atoms with van der Waals surface area (Å²) >= 11 is 0. The third-order valence-electron chi connectivity index (χ3n) is 3.08. The first-order valence-electron chi connectivity index (χ1n) is 7.44. The zero-order chi connectivity index (χ0) is 16.5. The molecular formula is C18H20N2O3. The molecule has 0 fully saturated rings. The second-order valence-corrected chi connectivity index (χ2v) is 4.82. The van der Waals surface area contributed by atoms with Gasteiger partial charge in [-0.15, -0.1) is 0 Å². The van der Waals surface area contributed by atoms with E-state index in [9.17, 15) is 4.79 Å². The Hall–Kier alpha value is -2.82. The number of carbonyl (C=O) groups excluding carboxylic acids is 1. The molecule has 0 aliphatic rings. The van der Waals surface area contributed by atoms with Crippen molar-refractivity contribution in [1.29, 1.82) is 0 Å². The molecule has 0 radical (unpaired) electrons. The molecule has 0 aliphatic carbocycles. The maximum atomic E-state index is 12.1. The molecule has 0 saturated heterocycles. The highest BCUT2D eigenvalue weighted by Gasteiger charge is 2.09. The second-order valence-electron chi connectivity index (χ2n) is 4.82. The van der Waals surface area contributed by atoms with E-state index in [-0.39, 0.29) is 5.91 Å². The first kappa shape index (κ1) is 16.5. The zero-order valence-corrected chi connectivity index (χ0v) is 13.3. The Kier molecular flexibility index (Phi) is 6.17. The predicted molar refractivity (Wildman–Crippen MR) is 90.3 cm³/mol. The quantitative estimate of drug-likeness (QED) is 0.630. The monoisotopic (exact) mass is 312 g/mol. The standard InChI is InChI=1S/C18H20N2O3/c1-3-12-23-15-10-8-14(9-11-15)13-19-20-18(21)16-6-4-5-7-17(16)22-2/h4-11,13H,3,12H2,1-2H3,(H,20,21)/b19-13+. The van der Waals surface area contributed by atoms with Crippen LogP contribution in [-0.4, -0.2) is 25.8 Å². The van der Waals surface area contributed by atoms with Crippen LogP contribution in [0.15, 0.2) is 53.6 Å². The number of rotatable bonds is 7. The van der Waals surface area contributed by atoms with Crippen LogP contribution in [0.5, 0.6) is 11.5 Å². The molecular weight excluding hydrogens is 292 g/mol. The van der Waals surface area contributed by atoms with Crippen LogP contribution in [0.25, 0.3) is 0 Å². The summed E-state index contributed by atoms with van der Waals surface area (Å²) in [6.45, 7) is 2.76. The first-order chi connectivity index (χ1) is 11.2. The lowest BCUT2D eigenvalue weighted by atomic mass is 10.2. The molecule has 120 valence electrons. The lowest BCUT2D eigenvalue weighted by Crippen LogP contribution is -2.18.